The molecule has 2 atom stereocenters. The molecule has 1 saturated heterocycles. The van der Waals surface area contributed by atoms with Crippen molar-refractivity contribution in [3.63, 3.8) is 0 Å². The van der Waals surface area contributed by atoms with E-state index in [0.29, 0.717) is 13.2 Å². The second-order valence-electron chi connectivity index (χ2n) is 5.30. The van der Waals surface area contributed by atoms with Gasteiger partial charge in [0.15, 0.2) is 0 Å². The number of hydrogen-bond acceptors (Lipinski definition) is 3. The van der Waals surface area contributed by atoms with Crippen molar-refractivity contribution in [2.24, 2.45) is 5.92 Å². The van der Waals surface area contributed by atoms with Crippen LogP contribution in [0.25, 0.3) is 0 Å². The first-order chi connectivity index (χ1) is 10.1. The van der Waals surface area contributed by atoms with E-state index in [0.717, 1.165) is 12.2 Å². The number of carbonyl (C=O) groups is 2. The fraction of sp³-hybridized carbons (Fsp3) is 0.500. The molecule has 0 aromatic heterocycles. The number of benzene rings is 1. The van der Waals surface area contributed by atoms with Crippen molar-refractivity contribution in [3.8, 4) is 5.75 Å². The molecule has 1 aromatic carbocycles. The van der Waals surface area contributed by atoms with Crippen LogP contribution in [0, 0.1) is 5.92 Å². The lowest BCUT2D eigenvalue weighted by atomic mass is 9.95. The van der Waals surface area contributed by atoms with Crippen LogP contribution in [0.4, 0.5) is 0 Å². The Balaban J connectivity index is 1.97. The molecule has 1 heterocycles. The second kappa shape index (κ2) is 7.11. The van der Waals surface area contributed by atoms with Gasteiger partial charge in [-0.15, -0.1) is 0 Å². The maximum Gasteiger partial charge on any atom is 0.243 e. The molecule has 1 aliphatic rings. The molecule has 0 spiro atoms. The largest absolute Gasteiger partial charge is 0.492 e. The molecule has 1 N–H and O–H groups in total. The molecule has 0 saturated carbocycles. The van der Waals surface area contributed by atoms with Gasteiger partial charge in [-0.3, -0.25) is 9.59 Å². The topological polar surface area (TPSA) is 58.6 Å². The van der Waals surface area contributed by atoms with Gasteiger partial charge in [-0.2, -0.15) is 0 Å². The lowest BCUT2D eigenvalue weighted by Gasteiger charge is -2.37. The van der Waals surface area contributed by atoms with Crippen molar-refractivity contribution in [1.29, 1.82) is 0 Å². The second-order valence-corrected chi connectivity index (χ2v) is 5.30. The molecule has 0 aliphatic carbocycles. The van der Waals surface area contributed by atoms with Gasteiger partial charge in [0.2, 0.25) is 11.8 Å². The molecule has 1 aliphatic heterocycles. The molecule has 0 radical (unpaired) electrons. The SMILES string of the molecule is CCC(C)C1C(=O)NCC(=O)N1CCOc1ccccc1. The van der Waals surface area contributed by atoms with Crippen LogP contribution in [0.3, 0.4) is 0 Å². The summed E-state index contributed by atoms with van der Waals surface area (Å²) in [4.78, 5) is 25.8. The average molecular weight is 290 g/mol. The van der Waals surface area contributed by atoms with E-state index >= 15 is 0 Å². The highest BCUT2D eigenvalue weighted by Crippen LogP contribution is 2.18. The highest BCUT2D eigenvalue weighted by atomic mass is 16.5. The van der Waals surface area contributed by atoms with Crippen molar-refractivity contribution in [3.05, 3.63) is 30.3 Å². The number of carbonyl (C=O) groups excluding carboxylic acids is 2. The zero-order valence-corrected chi connectivity index (χ0v) is 12.5. The van der Waals surface area contributed by atoms with Gasteiger partial charge in [-0.1, -0.05) is 38.5 Å². The first-order valence-electron chi connectivity index (χ1n) is 7.38. The molecule has 5 heteroatoms. The van der Waals surface area contributed by atoms with E-state index in [2.05, 4.69) is 5.32 Å². The van der Waals surface area contributed by atoms with Gasteiger partial charge >= 0.3 is 0 Å². The number of ether oxygens (including phenoxy) is 1. The van der Waals surface area contributed by atoms with E-state index in [1.165, 1.54) is 0 Å². The molecule has 1 aromatic rings. The van der Waals surface area contributed by atoms with Gasteiger partial charge < -0.3 is 15.0 Å². The summed E-state index contributed by atoms with van der Waals surface area (Å²) < 4.78 is 5.63. The Kier molecular flexibility index (Phi) is 5.20. The van der Waals surface area contributed by atoms with E-state index in [-0.39, 0.29) is 24.3 Å². The number of nitrogens with zero attached hydrogens (tertiary/aromatic N) is 1. The lowest BCUT2D eigenvalue weighted by Crippen LogP contribution is -2.61. The zero-order chi connectivity index (χ0) is 15.2. The van der Waals surface area contributed by atoms with Crippen molar-refractivity contribution in [1.82, 2.24) is 10.2 Å². The molecule has 5 nitrogen and oxygen atoms in total. The Bertz CT molecular complexity index is 490. The molecule has 2 amide bonds. The van der Waals surface area contributed by atoms with Crippen LogP contribution >= 0.6 is 0 Å². The Morgan fingerprint density at radius 2 is 2.05 bits per heavy atom. The third-order valence-electron chi connectivity index (χ3n) is 3.87. The number of nitrogens with one attached hydrogen (secondary N) is 1. The fourth-order valence-electron chi connectivity index (χ4n) is 2.50. The maximum atomic E-state index is 12.1. The summed E-state index contributed by atoms with van der Waals surface area (Å²) in [5.74, 6) is 0.790. The lowest BCUT2D eigenvalue weighted by molar-refractivity contribution is -0.148. The highest BCUT2D eigenvalue weighted by molar-refractivity contribution is 5.95. The van der Waals surface area contributed by atoms with Crippen LogP contribution < -0.4 is 10.1 Å². The van der Waals surface area contributed by atoms with E-state index in [9.17, 15) is 9.59 Å². The molecule has 0 bridgehead atoms. The summed E-state index contributed by atoms with van der Waals surface area (Å²) in [7, 11) is 0. The van der Waals surface area contributed by atoms with Gasteiger partial charge in [0.05, 0.1) is 13.1 Å². The van der Waals surface area contributed by atoms with Crippen molar-refractivity contribution in [2.75, 3.05) is 19.7 Å². The average Bonchev–Trinajstić information content (AvgIpc) is 2.51. The van der Waals surface area contributed by atoms with Gasteiger partial charge in [-0.05, 0) is 18.1 Å². The van der Waals surface area contributed by atoms with E-state index in [1.54, 1.807) is 4.90 Å². The first-order valence-corrected chi connectivity index (χ1v) is 7.38. The number of para-hydroxylation sites is 1. The van der Waals surface area contributed by atoms with E-state index in [4.69, 9.17) is 4.74 Å². The van der Waals surface area contributed by atoms with E-state index < -0.39 is 6.04 Å². The summed E-state index contributed by atoms with van der Waals surface area (Å²) in [5.41, 5.74) is 0. The summed E-state index contributed by atoms with van der Waals surface area (Å²) >= 11 is 0. The van der Waals surface area contributed by atoms with Crippen LogP contribution in [-0.2, 0) is 9.59 Å². The predicted octanol–water partition coefficient (Wildman–Crippen LogP) is 1.44. The van der Waals surface area contributed by atoms with Gasteiger partial charge in [-0.25, -0.2) is 0 Å². The highest BCUT2D eigenvalue weighted by Gasteiger charge is 2.37. The summed E-state index contributed by atoms with van der Waals surface area (Å²) in [6.07, 6.45) is 0.849. The van der Waals surface area contributed by atoms with Crippen LogP contribution in [0.2, 0.25) is 0 Å². The van der Waals surface area contributed by atoms with Crippen molar-refractivity contribution in [2.45, 2.75) is 26.3 Å². The third-order valence-corrected chi connectivity index (χ3v) is 3.87. The van der Waals surface area contributed by atoms with Crippen LogP contribution in [-0.4, -0.2) is 42.5 Å². The molecule has 2 rings (SSSR count). The molecular weight excluding hydrogens is 268 g/mol. The van der Waals surface area contributed by atoms with E-state index in [1.807, 2.05) is 44.2 Å². The van der Waals surface area contributed by atoms with Crippen molar-refractivity contribution >= 4 is 11.8 Å². The summed E-state index contributed by atoms with van der Waals surface area (Å²) in [6, 6.07) is 9.07. The van der Waals surface area contributed by atoms with Crippen molar-refractivity contribution < 1.29 is 14.3 Å². The number of hydrogen-bond donors (Lipinski definition) is 1. The number of amides is 2. The van der Waals surface area contributed by atoms with Crippen LogP contribution in [0.1, 0.15) is 20.3 Å². The monoisotopic (exact) mass is 290 g/mol. The third kappa shape index (κ3) is 3.74. The fourth-order valence-corrected chi connectivity index (χ4v) is 2.50. The van der Waals surface area contributed by atoms with Crippen LogP contribution in [0.15, 0.2) is 30.3 Å². The number of piperazine rings is 1. The minimum atomic E-state index is -0.393. The van der Waals surface area contributed by atoms with Gasteiger partial charge in [0, 0.05) is 0 Å². The number of rotatable bonds is 6. The molecular formula is C16H22N2O3. The smallest absolute Gasteiger partial charge is 0.243 e. The molecule has 2 unspecified atom stereocenters. The minimum absolute atomic E-state index is 0.0449. The standard InChI is InChI=1S/C16H22N2O3/c1-3-12(2)15-16(20)17-11-14(19)18(15)9-10-21-13-7-5-4-6-8-13/h4-8,12,15H,3,9-11H2,1-2H3,(H,17,20). The molecule has 114 valence electrons. The van der Waals surface area contributed by atoms with Gasteiger partial charge in [0.1, 0.15) is 18.4 Å². The van der Waals surface area contributed by atoms with Crippen LogP contribution in [0.5, 0.6) is 5.75 Å². The Labute approximate surface area is 125 Å². The Morgan fingerprint density at radius 1 is 1.33 bits per heavy atom. The molecule has 21 heavy (non-hydrogen) atoms. The normalized spacial score (nSPS) is 20.1. The zero-order valence-electron chi connectivity index (χ0n) is 12.5. The quantitative estimate of drug-likeness (QED) is 0.862. The Hall–Kier alpha value is -2.04. The van der Waals surface area contributed by atoms with Gasteiger partial charge in [0.25, 0.3) is 0 Å². The summed E-state index contributed by atoms with van der Waals surface area (Å²) in [5, 5.41) is 2.66. The molecule has 1 fully saturated rings. The summed E-state index contributed by atoms with van der Waals surface area (Å²) in [6.45, 7) is 4.91. The first kappa shape index (κ1) is 15.4. The maximum absolute atomic E-state index is 12.1. The Morgan fingerprint density at radius 3 is 2.71 bits per heavy atom. The minimum Gasteiger partial charge on any atom is -0.492 e. The predicted molar refractivity (Wildman–Crippen MR) is 79.9 cm³/mol.